The van der Waals surface area contributed by atoms with Gasteiger partial charge < -0.3 is 119 Å². The van der Waals surface area contributed by atoms with Crippen molar-refractivity contribution in [2.75, 3.05) is 170 Å². The first-order valence-electron chi connectivity index (χ1n) is 40.3. The Morgan fingerprint density at radius 1 is 0.525 bits per heavy atom. The van der Waals surface area contributed by atoms with E-state index < -0.39 is 41.4 Å². The van der Waals surface area contributed by atoms with E-state index in [2.05, 4.69) is 103 Å². The molecule has 1 aliphatic carbocycles. The Morgan fingerprint density at radius 2 is 1.04 bits per heavy atom. The molecule has 10 N–H and O–H groups in total. The molecule has 0 radical (unpaired) electrons. The number of carbonyl (C=O) groups excluding carboxylic acids is 11. The number of benzene rings is 2. The highest BCUT2D eigenvalue weighted by Gasteiger charge is 2.43. The van der Waals surface area contributed by atoms with Crippen molar-refractivity contribution in [3.8, 4) is 0 Å². The quantitative estimate of drug-likeness (QED) is 0.0245. The van der Waals surface area contributed by atoms with Gasteiger partial charge in [-0.2, -0.15) is 0 Å². The van der Waals surface area contributed by atoms with Crippen LogP contribution in [0.1, 0.15) is 134 Å². The molecule has 0 bridgehead atoms. The molecule has 38 nitrogen and oxygen atoms in total. The first kappa shape index (κ1) is 90.4. The van der Waals surface area contributed by atoms with E-state index in [1.54, 1.807) is 64.0 Å². The molecular weight excluding hydrogens is 1550 g/mol. The molecule has 5 aromatic heterocycles. The number of aryl methyl sites for hydroxylation is 5. The number of imidazole rings is 3. The van der Waals surface area contributed by atoms with Crippen molar-refractivity contribution in [1.82, 2.24) is 74.2 Å². The summed E-state index contributed by atoms with van der Waals surface area (Å²) in [6, 6.07) is 17.3. The van der Waals surface area contributed by atoms with Crippen molar-refractivity contribution >= 4 is 105 Å². The second kappa shape index (κ2) is 45.3. The van der Waals surface area contributed by atoms with Crippen LogP contribution in [0, 0.1) is 5.92 Å². The number of rotatable bonds is 48. The first-order chi connectivity index (χ1) is 57.9. The van der Waals surface area contributed by atoms with E-state index in [-0.39, 0.29) is 148 Å². The molecule has 1 atom stereocenters. The predicted octanol–water partition coefficient (Wildman–Crippen LogP) is 3.08. The molecule has 3 aliphatic rings. The van der Waals surface area contributed by atoms with E-state index in [4.69, 9.17) is 23.7 Å². The molecule has 10 rings (SSSR count). The fraction of sp³-hybridized carbons (Fsp3) is 0.488. The summed E-state index contributed by atoms with van der Waals surface area (Å²) in [6.45, 7) is 9.30. The number of aliphatic hydroxyl groups is 1. The highest BCUT2D eigenvalue weighted by molar-refractivity contribution is 6.05. The van der Waals surface area contributed by atoms with Crippen LogP contribution in [0.3, 0.4) is 0 Å². The monoisotopic (exact) mass is 1660 g/mol. The topological polar surface area (TPSA) is 439 Å². The van der Waals surface area contributed by atoms with Crippen molar-refractivity contribution in [2.24, 2.45) is 41.2 Å². The first-order valence-corrected chi connectivity index (χ1v) is 40.3. The third kappa shape index (κ3) is 27.0. The van der Waals surface area contributed by atoms with Crippen LogP contribution in [-0.2, 0) is 101 Å². The molecule has 0 saturated heterocycles. The van der Waals surface area contributed by atoms with Crippen molar-refractivity contribution in [3.63, 3.8) is 0 Å². The number of aliphatic hydroxyl groups excluding tert-OH is 1. The Bertz CT molecular complexity index is 4750. The van der Waals surface area contributed by atoms with Crippen molar-refractivity contribution in [2.45, 2.75) is 83.9 Å². The van der Waals surface area contributed by atoms with E-state index in [9.17, 15) is 57.8 Å². The molecule has 0 spiro atoms. The van der Waals surface area contributed by atoms with E-state index >= 15 is 0 Å². The Balaban J connectivity index is 0.483. The molecule has 7 aromatic rings. The minimum absolute atomic E-state index is 0.00377. The van der Waals surface area contributed by atoms with Crippen LogP contribution in [0.15, 0.2) is 97.9 Å². The number of hydrogen-bond donors (Lipinski definition) is 10. The predicted molar refractivity (Wildman–Crippen MR) is 445 cm³/mol. The minimum atomic E-state index is -0.640. The SMILES string of the molecule is CC(=O)N1c2ccc(C3=CCN(C(=O)COCCOCCOCCOCCOCCC(=O)NCCCN(C)CCCNC(=O)CCNC(=O)c4nc(NC(=O)CCNC(=O)c5cc(NC(=O)c6nc(NC(=O)CCNC(=O)c7cc(NC(=O)c8nccn8C)cn7C)cn6C)cn5C)cn4C)CC3)cc2N(Cc2ccccc2CO)C[C@@H]1C1CC1. The number of nitrogens with zero attached hydrogens (tertiary/aromatic N) is 12. The molecule has 1 fully saturated rings. The zero-order chi connectivity index (χ0) is 85.6. The van der Waals surface area contributed by atoms with E-state index in [1.165, 1.54) is 55.2 Å². The Labute approximate surface area is 695 Å². The summed E-state index contributed by atoms with van der Waals surface area (Å²) in [4.78, 5) is 163. The lowest BCUT2D eigenvalue weighted by Crippen LogP contribution is -2.52. The average Bonchev–Trinajstić information content (AvgIpc) is 1.34. The molecule has 2 aliphatic heterocycles. The smallest absolute Gasteiger partial charge is 0.291 e. The molecule has 0 unspecified atom stereocenters. The lowest BCUT2D eigenvalue weighted by atomic mass is 9.95. The maximum atomic E-state index is 13.3. The summed E-state index contributed by atoms with van der Waals surface area (Å²) in [5, 5.41) is 34.5. The van der Waals surface area contributed by atoms with Crippen molar-refractivity contribution in [3.05, 3.63) is 143 Å². The molecule has 2 aromatic carbocycles. The highest BCUT2D eigenvalue weighted by Crippen LogP contribution is 2.46. The fourth-order valence-electron chi connectivity index (χ4n) is 13.8. The molecule has 120 heavy (non-hydrogen) atoms. The maximum absolute atomic E-state index is 13.3. The summed E-state index contributed by atoms with van der Waals surface area (Å²) >= 11 is 0. The number of amides is 11. The van der Waals surface area contributed by atoms with Gasteiger partial charge in [0.2, 0.25) is 47.1 Å². The number of nitrogens with one attached hydrogen (secondary N) is 9. The minimum Gasteiger partial charge on any atom is -0.392 e. The lowest BCUT2D eigenvalue weighted by Gasteiger charge is -2.44. The van der Waals surface area contributed by atoms with Gasteiger partial charge in [0.05, 0.1) is 94.9 Å². The van der Waals surface area contributed by atoms with Gasteiger partial charge in [-0.15, -0.1) is 0 Å². The van der Waals surface area contributed by atoms with Gasteiger partial charge >= 0.3 is 0 Å². The van der Waals surface area contributed by atoms with Gasteiger partial charge in [0.15, 0.2) is 17.5 Å². The van der Waals surface area contributed by atoms with Crippen LogP contribution in [0.2, 0.25) is 0 Å². The molecule has 1 saturated carbocycles. The van der Waals surface area contributed by atoms with Crippen molar-refractivity contribution < 1.29 is 81.5 Å². The third-order valence-electron chi connectivity index (χ3n) is 20.3. The highest BCUT2D eigenvalue weighted by atomic mass is 16.6. The van der Waals surface area contributed by atoms with Gasteiger partial charge in [-0.05, 0) is 105 Å². The summed E-state index contributed by atoms with van der Waals surface area (Å²) in [7, 11) is 10.0. The normalized spacial score (nSPS) is 13.8. The average molecular weight is 1660 g/mol. The van der Waals surface area contributed by atoms with Crippen molar-refractivity contribution in [1.29, 1.82) is 0 Å². The molecule has 646 valence electrons. The number of hydrogen-bond acceptors (Lipinski definition) is 22. The molecule has 11 amide bonds. The van der Waals surface area contributed by atoms with Gasteiger partial charge in [-0.25, -0.2) is 15.0 Å². The van der Waals surface area contributed by atoms with Gasteiger partial charge in [0, 0.05) is 164 Å². The number of anilines is 6. The zero-order valence-corrected chi connectivity index (χ0v) is 69.2. The van der Waals surface area contributed by atoms with Crippen LogP contribution in [0.5, 0.6) is 0 Å². The van der Waals surface area contributed by atoms with Gasteiger partial charge in [0.25, 0.3) is 29.5 Å². The second-order valence-corrected chi connectivity index (χ2v) is 29.5. The largest absolute Gasteiger partial charge is 0.392 e. The Morgan fingerprint density at radius 3 is 1.57 bits per heavy atom. The van der Waals surface area contributed by atoms with Gasteiger partial charge in [-0.1, -0.05) is 36.4 Å². The number of aromatic nitrogens is 8. The van der Waals surface area contributed by atoms with Crippen LogP contribution < -0.4 is 57.7 Å². The van der Waals surface area contributed by atoms with Crippen LogP contribution in [0.25, 0.3) is 5.57 Å². The lowest BCUT2D eigenvalue weighted by molar-refractivity contribution is -0.136. The molecule has 7 heterocycles. The van der Waals surface area contributed by atoms with E-state index in [1.807, 2.05) is 30.1 Å². The summed E-state index contributed by atoms with van der Waals surface area (Å²) in [5.74, 6) is -3.24. The summed E-state index contributed by atoms with van der Waals surface area (Å²) < 4.78 is 35.4. The number of ether oxygens (including phenoxy) is 5. The standard InChI is InChI=1S/C82H111N21O17/c1-55(105)103-63-17-16-58(44-64(63)102(50-67(103)57-14-15-57)47-59-12-8-9-13-60(59)53-104)56-21-32-101(33-22-56)74(110)54-120-43-42-119-41-40-118-39-38-117-37-36-116-35-23-71(107)84-25-11-31-95(2)30-10-24-83-70(106)18-26-88-80(113)76-93-68(51-99(76)6)91-72(108)19-27-87-79(112)66-46-62(49-98(66)5)90-82(115)77-94-69(52-100(77)7)92-73(109)20-28-86-78(111)65-45-61(48-97(65)4)89-81(114)75-85-29-34-96(75)3/h8-9,12-13,16-17,21,29,34,44-46,48-49,51-52,57,67,104H,10-11,14-15,18-20,22-28,30-33,35-43,47,50,53-54H2,1-7H3,(H,83,106)(H,84,107)(H,86,111)(H,87,112)(H,88,113)(H,89,114)(H,90,115)(H,91,108)(H,92,109)/t67-/m1/s1. The zero-order valence-electron chi connectivity index (χ0n) is 69.2. The van der Waals surface area contributed by atoms with E-state index in [0.717, 1.165) is 66.0 Å². The van der Waals surface area contributed by atoms with Crippen LogP contribution >= 0.6 is 0 Å². The van der Waals surface area contributed by atoms with Gasteiger partial charge in [0.1, 0.15) is 18.0 Å². The maximum Gasteiger partial charge on any atom is 0.291 e. The van der Waals surface area contributed by atoms with Crippen LogP contribution in [-0.4, -0.2) is 262 Å². The Kier molecular flexibility index (Phi) is 34.1. The molecular formula is C82H111N21O17. The molecule has 38 heteroatoms. The summed E-state index contributed by atoms with van der Waals surface area (Å²) in [6.07, 6.45) is 15.5. The fourth-order valence-corrected chi connectivity index (χ4v) is 13.8. The van der Waals surface area contributed by atoms with Crippen LogP contribution in [0.4, 0.5) is 34.4 Å². The van der Waals surface area contributed by atoms with E-state index in [0.29, 0.717) is 110 Å². The number of carbonyl (C=O) groups is 11. The second-order valence-electron chi connectivity index (χ2n) is 29.5. The summed E-state index contributed by atoms with van der Waals surface area (Å²) in [5.41, 5.74) is 7.14. The number of fused-ring (bicyclic) bond motifs is 1. The van der Waals surface area contributed by atoms with Gasteiger partial charge in [-0.3, -0.25) is 52.7 Å². The third-order valence-corrected chi connectivity index (χ3v) is 20.3. The Hall–Kier alpha value is -11.9.